The first-order valence-electron chi connectivity index (χ1n) is 14.2. The third kappa shape index (κ3) is 7.26. The van der Waals surface area contributed by atoms with Crippen molar-refractivity contribution in [2.45, 2.75) is 182 Å². The molecule has 0 aromatic carbocycles. The lowest BCUT2D eigenvalue weighted by Crippen LogP contribution is -2.67. The summed E-state index contributed by atoms with van der Waals surface area (Å²) < 4.78 is 4.61. The molecule has 0 fully saturated rings. The van der Waals surface area contributed by atoms with Crippen LogP contribution < -0.4 is 4.65 Å². The molecule has 1 N–H and O–H groups in total. The summed E-state index contributed by atoms with van der Waals surface area (Å²) in [5.74, 6) is 2.86. The molecule has 0 spiro atoms. The molecular formula is C30H71NP2Si2+2. The largest absolute Gasteiger partial charge is 0.354 e. The Morgan fingerprint density at radius 1 is 0.371 bits per heavy atom. The Balaban J connectivity index is 6.77. The van der Waals surface area contributed by atoms with Crippen LogP contribution in [0.4, 0.5) is 0 Å². The van der Waals surface area contributed by atoms with Crippen molar-refractivity contribution in [2.75, 3.05) is 11.6 Å². The van der Waals surface area contributed by atoms with Crippen LogP contribution in [-0.4, -0.2) is 59.0 Å². The van der Waals surface area contributed by atoms with Crippen LogP contribution in [0.2, 0.25) is 26.2 Å². The highest BCUT2D eigenvalue weighted by molar-refractivity contribution is 7.82. The summed E-state index contributed by atoms with van der Waals surface area (Å²) >= 11 is 0. The zero-order valence-electron chi connectivity index (χ0n) is 28.8. The van der Waals surface area contributed by atoms with Crippen molar-refractivity contribution in [2.24, 2.45) is 0 Å². The summed E-state index contributed by atoms with van der Waals surface area (Å²) in [4.78, 5) is 0. The maximum Gasteiger partial charge on any atom is 0.154 e. The van der Waals surface area contributed by atoms with E-state index in [1.807, 2.05) is 0 Å². The fourth-order valence-corrected chi connectivity index (χ4v) is 52.0. The molecule has 1 nitrogen and oxygen atoms in total. The van der Waals surface area contributed by atoms with Gasteiger partial charge in [-0.3, -0.25) is 0 Å². The normalized spacial score (nSPS) is 16.6. The number of hydrogen-bond acceptors (Lipinski definition) is 1. The van der Waals surface area contributed by atoms with Gasteiger partial charge in [-0.1, -0.05) is 26.2 Å². The van der Waals surface area contributed by atoms with Crippen LogP contribution in [0.3, 0.4) is 0 Å². The van der Waals surface area contributed by atoms with Gasteiger partial charge < -0.3 is 4.65 Å². The Labute approximate surface area is 228 Å². The van der Waals surface area contributed by atoms with E-state index < -0.39 is 31.0 Å². The second kappa shape index (κ2) is 10.0. The van der Waals surface area contributed by atoms with Crippen LogP contribution >= 0.6 is 14.5 Å². The van der Waals surface area contributed by atoms with E-state index in [0.717, 1.165) is 0 Å². The van der Waals surface area contributed by atoms with Crippen LogP contribution in [0.25, 0.3) is 0 Å². The Hall–Kier alpha value is 1.25. The Morgan fingerprint density at radius 2 is 0.514 bits per heavy atom. The molecule has 0 atom stereocenters. The predicted octanol–water partition coefficient (Wildman–Crippen LogP) is 10.9. The van der Waals surface area contributed by atoms with Crippen molar-refractivity contribution in [3.8, 4) is 0 Å². The van der Waals surface area contributed by atoms with Crippen LogP contribution in [0.5, 0.6) is 0 Å². The van der Waals surface area contributed by atoms with Gasteiger partial charge in [0, 0.05) is 14.5 Å². The lowest BCUT2D eigenvalue weighted by atomic mass is 10.2. The molecule has 0 bridgehead atoms. The van der Waals surface area contributed by atoms with Gasteiger partial charge >= 0.3 is 0 Å². The molecule has 0 radical (unpaired) electrons. The average molecular weight is 564 g/mol. The summed E-state index contributed by atoms with van der Waals surface area (Å²) in [6, 6.07) is 0. The second-order valence-corrected chi connectivity index (χ2v) is 41.2. The third-order valence-electron chi connectivity index (χ3n) is 8.81. The van der Waals surface area contributed by atoms with Crippen molar-refractivity contribution < 1.29 is 0 Å². The molecule has 0 aromatic heterocycles. The molecule has 0 aromatic rings. The highest BCUT2D eigenvalue weighted by Gasteiger charge is 2.68. The molecule has 35 heavy (non-hydrogen) atoms. The number of rotatable bonds is 6. The molecule has 0 aliphatic heterocycles. The topological polar surface area (TPSA) is 12.0 Å². The zero-order chi connectivity index (χ0) is 29.1. The van der Waals surface area contributed by atoms with Crippen molar-refractivity contribution >= 4 is 31.0 Å². The molecule has 0 saturated heterocycles. The SMILES string of the molecule is CC(C)(C)[P+](C[Si](C)(C)N[Si](C)(C)C[P+](C(C)(C)C)(C(C)(C)C)C(C)(C)C)(C(C)(C)C)C(C)(C)C. The van der Waals surface area contributed by atoms with E-state index in [-0.39, 0.29) is 0 Å². The van der Waals surface area contributed by atoms with Gasteiger partial charge in [0.15, 0.2) is 16.5 Å². The fraction of sp³-hybridized carbons (Fsp3) is 1.00. The predicted molar refractivity (Wildman–Crippen MR) is 180 cm³/mol. The molecule has 0 aliphatic carbocycles. The van der Waals surface area contributed by atoms with Gasteiger partial charge in [-0.2, -0.15) is 0 Å². The summed E-state index contributed by atoms with van der Waals surface area (Å²) in [7, 11) is -6.15. The maximum atomic E-state index is 4.61. The molecule has 0 heterocycles. The Bertz CT molecular complexity index is 578. The van der Waals surface area contributed by atoms with Crippen LogP contribution in [0.15, 0.2) is 0 Å². The molecular weight excluding hydrogens is 492 g/mol. The quantitative estimate of drug-likeness (QED) is 0.250. The lowest BCUT2D eigenvalue weighted by Gasteiger charge is -2.58. The highest BCUT2D eigenvalue weighted by atomic mass is 31.2. The summed E-state index contributed by atoms with van der Waals surface area (Å²) in [5, 5.41) is 2.00. The number of nitrogens with one attached hydrogen (secondary N) is 1. The summed E-state index contributed by atoms with van der Waals surface area (Å²) in [5.41, 5.74) is 0. The van der Waals surface area contributed by atoms with Gasteiger partial charge in [-0.25, -0.2) is 0 Å². The zero-order valence-corrected chi connectivity index (χ0v) is 32.6. The van der Waals surface area contributed by atoms with E-state index in [4.69, 9.17) is 0 Å². The van der Waals surface area contributed by atoms with E-state index in [9.17, 15) is 0 Å². The standard InChI is InChI=1S/C30H71NP2Si2/c1-25(2,3)32(26(4,5)6,27(7,8)9)23-34(19,20)31-35(21,22)24-33(28(10,11)12,29(13,14)15)30(16,17)18/h31H,23-24H2,1-22H3/q+2. The van der Waals surface area contributed by atoms with Gasteiger partial charge in [-0.15, -0.1) is 0 Å². The van der Waals surface area contributed by atoms with Gasteiger partial charge in [0.1, 0.15) is 0 Å². The summed E-state index contributed by atoms with van der Waals surface area (Å²) in [6.07, 6.45) is 0. The smallest absolute Gasteiger partial charge is 0.154 e. The molecule has 0 unspecified atom stereocenters. The average Bonchev–Trinajstić information content (AvgIpc) is 2.41. The van der Waals surface area contributed by atoms with Crippen molar-refractivity contribution in [3.05, 3.63) is 0 Å². The first-order valence-corrected chi connectivity index (χ1v) is 24.5. The molecule has 0 aliphatic rings. The molecule has 212 valence electrons. The lowest BCUT2D eigenvalue weighted by molar-refractivity contribution is 0.620. The second-order valence-electron chi connectivity index (χ2n) is 18.9. The van der Waals surface area contributed by atoms with Crippen molar-refractivity contribution in [1.82, 2.24) is 4.65 Å². The third-order valence-corrected chi connectivity index (χ3v) is 38.1. The van der Waals surface area contributed by atoms with E-state index in [2.05, 4.69) is 155 Å². The van der Waals surface area contributed by atoms with Crippen LogP contribution in [0.1, 0.15) is 125 Å². The van der Waals surface area contributed by atoms with Crippen LogP contribution in [0, 0.1) is 0 Å². The molecule has 0 saturated carbocycles. The summed E-state index contributed by atoms with van der Waals surface area (Å²) in [6.45, 7) is 56.7. The van der Waals surface area contributed by atoms with Crippen molar-refractivity contribution in [3.63, 3.8) is 0 Å². The first-order chi connectivity index (χ1) is 14.6. The van der Waals surface area contributed by atoms with E-state index >= 15 is 0 Å². The molecule has 0 rings (SSSR count). The Kier molecular flexibility index (Phi) is 10.4. The van der Waals surface area contributed by atoms with Gasteiger partial charge in [0.2, 0.25) is 0 Å². The number of hydrogen-bond donors (Lipinski definition) is 1. The van der Waals surface area contributed by atoms with E-state index in [1.54, 1.807) is 0 Å². The maximum absolute atomic E-state index is 4.61. The van der Waals surface area contributed by atoms with E-state index in [1.165, 1.54) is 11.6 Å². The first kappa shape index (κ1) is 36.3. The monoisotopic (exact) mass is 563 g/mol. The molecule has 5 heteroatoms. The minimum absolute atomic E-state index is 0.333. The molecule has 0 amide bonds. The van der Waals surface area contributed by atoms with Gasteiger partial charge in [0.05, 0.1) is 42.5 Å². The minimum atomic E-state index is -1.70. The fourth-order valence-electron chi connectivity index (χ4n) is 9.64. The highest BCUT2D eigenvalue weighted by Crippen LogP contribution is 2.85. The van der Waals surface area contributed by atoms with Crippen molar-refractivity contribution in [1.29, 1.82) is 0 Å². The van der Waals surface area contributed by atoms with E-state index in [0.29, 0.717) is 30.9 Å². The van der Waals surface area contributed by atoms with Gasteiger partial charge in [-0.05, 0) is 125 Å². The minimum Gasteiger partial charge on any atom is -0.354 e. The Morgan fingerprint density at radius 3 is 0.629 bits per heavy atom. The van der Waals surface area contributed by atoms with Gasteiger partial charge in [0.25, 0.3) is 0 Å². The van der Waals surface area contributed by atoms with Crippen LogP contribution in [-0.2, 0) is 0 Å².